The van der Waals surface area contributed by atoms with Crippen molar-refractivity contribution in [3.05, 3.63) is 0 Å². The third-order valence-electron chi connectivity index (χ3n) is 10.0. The minimum Gasteiger partial charge on any atom is -0.381 e. The van der Waals surface area contributed by atoms with E-state index in [9.17, 15) is 0 Å². The molecule has 4 fully saturated rings. The van der Waals surface area contributed by atoms with Crippen LogP contribution in [-0.4, -0.2) is 50.3 Å². The van der Waals surface area contributed by atoms with Crippen molar-refractivity contribution in [1.82, 2.24) is 0 Å². The van der Waals surface area contributed by atoms with Crippen molar-refractivity contribution in [2.45, 2.75) is 180 Å². The maximum atomic E-state index is 5.67. The molecule has 0 aromatic heterocycles. The van der Waals surface area contributed by atoms with Crippen molar-refractivity contribution in [3.8, 4) is 0 Å². The molecule has 0 N–H and O–H groups in total. The number of hydrogen-bond donors (Lipinski definition) is 0. The van der Waals surface area contributed by atoms with Gasteiger partial charge in [0.15, 0.2) is 0 Å². The Morgan fingerprint density at radius 2 is 0.930 bits per heavy atom. The standard InChI is InChI=1S/2C10H20O.C9H18O.C8H16O.2CH4/c1-7(2)10-5-8(3)11-9(4)6-10;1-8(2)9-5-6-11-10(3,4)7-9;1-7(2)9-4-5-10-8(3)6-9;1-7(2)8-3-5-9-6-4-8;;/h7-10H,5-6H2,1-4H3;8-9H,5-7H2,1-4H3;7-9H,4-6H2,1-3H3;7-8H,3-6H2,1-2H3;2*1H4. The molecular weight excluding hydrogens is 532 g/mol. The molecule has 0 spiro atoms. The molecule has 0 aromatic carbocycles. The highest BCUT2D eigenvalue weighted by atomic mass is 16.5. The second-order valence-electron chi connectivity index (χ2n) is 15.7. The Morgan fingerprint density at radius 3 is 1.28 bits per heavy atom. The summed E-state index contributed by atoms with van der Waals surface area (Å²) in [6, 6.07) is 0. The predicted molar refractivity (Wildman–Crippen MR) is 190 cm³/mol. The van der Waals surface area contributed by atoms with Crippen LogP contribution in [0.4, 0.5) is 0 Å². The van der Waals surface area contributed by atoms with E-state index in [1.165, 1.54) is 51.4 Å². The fourth-order valence-electron chi connectivity index (χ4n) is 6.87. The molecule has 4 heteroatoms. The number of ether oxygens (including phenoxy) is 4. The zero-order chi connectivity index (χ0) is 31.2. The maximum Gasteiger partial charge on any atom is 0.0629 e. The lowest BCUT2D eigenvalue weighted by Gasteiger charge is -2.37. The molecule has 5 atom stereocenters. The van der Waals surface area contributed by atoms with Crippen molar-refractivity contribution < 1.29 is 18.9 Å². The van der Waals surface area contributed by atoms with E-state index >= 15 is 0 Å². The summed E-state index contributed by atoms with van der Waals surface area (Å²) in [7, 11) is 0. The van der Waals surface area contributed by atoms with Gasteiger partial charge in [0.05, 0.1) is 23.9 Å². The largest absolute Gasteiger partial charge is 0.381 e. The molecule has 0 aliphatic carbocycles. The Balaban J connectivity index is 0. The summed E-state index contributed by atoms with van der Waals surface area (Å²) in [4.78, 5) is 0. The summed E-state index contributed by atoms with van der Waals surface area (Å²) >= 11 is 0. The molecule has 4 rings (SSSR count). The van der Waals surface area contributed by atoms with Crippen LogP contribution in [0.1, 0.15) is 156 Å². The summed E-state index contributed by atoms with van der Waals surface area (Å²) < 4.78 is 22.0. The van der Waals surface area contributed by atoms with Gasteiger partial charge in [-0.3, -0.25) is 0 Å². The van der Waals surface area contributed by atoms with Gasteiger partial charge in [-0.15, -0.1) is 0 Å². The summed E-state index contributed by atoms with van der Waals surface area (Å²) in [5.74, 6) is 6.93. The van der Waals surface area contributed by atoms with E-state index < -0.39 is 0 Å². The molecule has 4 nitrogen and oxygen atoms in total. The summed E-state index contributed by atoms with van der Waals surface area (Å²) in [5, 5.41) is 0. The Labute approximate surface area is 272 Å². The molecule has 4 heterocycles. The monoisotopic (exact) mass is 615 g/mol. The van der Waals surface area contributed by atoms with Gasteiger partial charge < -0.3 is 18.9 Å². The SMILES string of the molecule is C.C.CC(C)C1CCOC(C)(C)C1.CC(C)C1CCOCC1.CC1CC(C(C)C)CC(C)O1.CC1CC(C(C)C)CCO1. The summed E-state index contributed by atoms with van der Waals surface area (Å²) in [6.45, 7) is 33.3. The zero-order valence-corrected chi connectivity index (χ0v) is 30.0. The van der Waals surface area contributed by atoms with E-state index in [0.717, 1.165) is 73.8 Å². The lowest BCUT2D eigenvalue weighted by Crippen LogP contribution is -2.35. The van der Waals surface area contributed by atoms with E-state index in [4.69, 9.17) is 18.9 Å². The quantitative estimate of drug-likeness (QED) is 0.316. The van der Waals surface area contributed by atoms with Gasteiger partial charge in [-0.25, -0.2) is 0 Å². The topological polar surface area (TPSA) is 36.9 Å². The zero-order valence-electron chi connectivity index (χ0n) is 30.0. The van der Waals surface area contributed by atoms with Crippen LogP contribution in [0.5, 0.6) is 0 Å². The van der Waals surface area contributed by atoms with Crippen LogP contribution in [0.3, 0.4) is 0 Å². The average Bonchev–Trinajstić information content (AvgIpc) is 2.89. The van der Waals surface area contributed by atoms with Gasteiger partial charge in [0.1, 0.15) is 0 Å². The first kappa shape index (κ1) is 45.0. The molecule has 43 heavy (non-hydrogen) atoms. The van der Waals surface area contributed by atoms with E-state index in [1.54, 1.807) is 0 Å². The Bertz CT molecular complexity index is 621. The summed E-state index contributed by atoms with van der Waals surface area (Å²) in [5.41, 5.74) is 0.132. The summed E-state index contributed by atoms with van der Waals surface area (Å²) in [6.07, 6.45) is 11.5. The van der Waals surface area contributed by atoms with E-state index in [-0.39, 0.29) is 20.5 Å². The highest BCUT2D eigenvalue weighted by molar-refractivity contribution is 4.80. The molecule has 0 bridgehead atoms. The second kappa shape index (κ2) is 23.2. The van der Waals surface area contributed by atoms with Gasteiger partial charge in [-0.2, -0.15) is 0 Å². The molecule has 4 saturated heterocycles. The van der Waals surface area contributed by atoms with Crippen molar-refractivity contribution in [3.63, 3.8) is 0 Å². The molecule has 0 radical (unpaired) electrons. The van der Waals surface area contributed by atoms with Crippen molar-refractivity contribution in [1.29, 1.82) is 0 Å². The third-order valence-corrected chi connectivity index (χ3v) is 10.0. The fraction of sp³-hybridized carbons (Fsp3) is 1.00. The van der Waals surface area contributed by atoms with E-state index in [0.29, 0.717) is 18.3 Å². The minimum absolute atomic E-state index is 0. The van der Waals surface area contributed by atoms with E-state index in [1.807, 2.05) is 0 Å². The lowest BCUT2D eigenvalue weighted by atomic mass is 9.81. The number of hydrogen-bond acceptors (Lipinski definition) is 4. The molecule has 4 aliphatic rings. The smallest absolute Gasteiger partial charge is 0.0629 e. The van der Waals surface area contributed by atoms with Crippen LogP contribution in [-0.2, 0) is 18.9 Å². The van der Waals surface area contributed by atoms with Gasteiger partial charge >= 0.3 is 0 Å². The first-order chi connectivity index (χ1) is 19.1. The molecule has 4 aliphatic heterocycles. The third kappa shape index (κ3) is 19.9. The Kier molecular flexibility index (Phi) is 24.3. The normalized spacial score (nSPS) is 30.9. The highest BCUT2D eigenvalue weighted by Crippen LogP contribution is 2.33. The first-order valence-electron chi connectivity index (χ1n) is 17.6. The molecule has 0 saturated carbocycles. The van der Waals surface area contributed by atoms with Gasteiger partial charge in [-0.05, 0) is 133 Å². The van der Waals surface area contributed by atoms with Crippen molar-refractivity contribution in [2.24, 2.45) is 47.3 Å². The predicted octanol–water partition coefficient (Wildman–Crippen LogP) is 11.5. The molecule has 5 unspecified atom stereocenters. The van der Waals surface area contributed by atoms with Crippen molar-refractivity contribution >= 4 is 0 Å². The lowest BCUT2D eigenvalue weighted by molar-refractivity contribution is -0.0799. The van der Waals surface area contributed by atoms with Gasteiger partial charge in [0.2, 0.25) is 0 Å². The Morgan fingerprint density at radius 1 is 0.512 bits per heavy atom. The number of rotatable bonds is 4. The van der Waals surface area contributed by atoms with Crippen LogP contribution in [0, 0.1) is 47.3 Å². The Hall–Kier alpha value is -0.160. The molecule has 262 valence electrons. The van der Waals surface area contributed by atoms with Crippen LogP contribution in [0.25, 0.3) is 0 Å². The molecular formula is C39H82O4. The van der Waals surface area contributed by atoms with Gasteiger partial charge in [-0.1, -0.05) is 70.2 Å². The molecule has 0 amide bonds. The minimum atomic E-state index is 0. The molecule has 0 aromatic rings. The maximum absolute atomic E-state index is 5.67. The van der Waals surface area contributed by atoms with Gasteiger partial charge in [0.25, 0.3) is 0 Å². The first-order valence-corrected chi connectivity index (χ1v) is 17.6. The fourth-order valence-corrected chi connectivity index (χ4v) is 6.87. The van der Waals surface area contributed by atoms with Crippen LogP contribution in [0.2, 0.25) is 0 Å². The van der Waals surface area contributed by atoms with E-state index in [2.05, 4.69) is 90.0 Å². The van der Waals surface area contributed by atoms with Crippen LogP contribution in [0.15, 0.2) is 0 Å². The van der Waals surface area contributed by atoms with Crippen LogP contribution >= 0.6 is 0 Å². The van der Waals surface area contributed by atoms with Crippen LogP contribution < -0.4 is 0 Å². The second-order valence-corrected chi connectivity index (χ2v) is 15.7. The van der Waals surface area contributed by atoms with Crippen molar-refractivity contribution in [2.75, 3.05) is 26.4 Å². The average molecular weight is 615 g/mol. The van der Waals surface area contributed by atoms with Gasteiger partial charge in [0, 0.05) is 26.4 Å². The highest BCUT2D eigenvalue weighted by Gasteiger charge is 2.30.